The van der Waals surface area contributed by atoms with Crippen molar-refractivity contribution >= 4 is 6.09 Å². The monoisotopic (exact) mass is 297 g/mol. The predicted molar refractivity (Wildman–Crippen MR) is 76.1 cm³/mol. The Morgan fingerprint density at radius 1 is 1.24 bits per heavy atom. The summed E-state index contributed by atoms with van der Waals surface area (Å²) in [4.78, 5) is 13.6. The van der Waals surface area contributed by atoms with Crippen LogP contribution in [0.3, 0.4) is 0 Å². The van der Waals surface area contributed by atoms with Gasteiger partial charge in [-0.3, -0.25) is 0 Å². The van der Waals surface area contributed by atoms with E-state index in [4.69, 9.17) is 4.74 Å². The van der Waals surface area contributed by atoms with Gasteiger partial charge in [0.2, 0.25) is 0 Å². The summed E-state index contributed by atoms with van der Waals surface area (Å²) in [5.41, 5.74) is -0.123. The fourth-order valence-corrected chi connectivity index (χ4v) is 2.53. The van der Waals surface area contributed by atoms with Crippen molar-refractivity contribution in [3.63, 3.8) is 0 Å². The molecule has 0 unspecified atom stereocenters. The maximum absolute atomic E-state index is 13.8. The smallest absolute Gasteiger partial charge is 0.410 e. The standard InChI is InChI=1S/C16H21F2NO2/c1-16(2,3)21-15(20)19-8-6-11(7-9-19)13-10-12(17)4-5-14(13)18/h4-5,10-11H,6-9H2,1-3H3. The number of halogens is 2. The third-order valence-electron chi connectivity index (χ3n) is 3.54. The number of rotatable bonds is 1. The molecular weight excluding hydrogens is 276 g/mol. The van der Waals surface area contributed by atoms with Crippen molar-refractivity contribution in [3.05, 3.63) is 35.4 Å². The van der Waals surface area contributed by atoms with Gasteiger partial charge in [0.25, 0.3) is 0 Å². The number of carbonyl (C=O) groups is 1. The Morgan fingerprint density at radius 3 is 2.43 bits per heavy atom. The zero-order valence-corrected chi connectivity index (χ0v) is 12.7. The van der Waals surface area contributed by atoms with Crippen LogP contribution in [0, 0.1) is 11.6 Å². The second-order valence-corrected chi connectivity index (χ2v) is 6.41. The van der Waals surface area contributed by atoms with E-state index in [-0.39, 0.29) is 17.8 Å². The van der Waals surface area contributed by atoms with E-state index in [9.17, 15) is 13.6 Å². The van der Waals surface area contributed by atoms with Gasteiger partial charge in [-0.05, 0) is 63.3 Å². The summed E-state index contributed by atoms with van der Waals surface area (Å²) in [6.07, 6.45) is 0.875. The zero-order chi connectivity index (χ0) is 15.6. The number of ether oxygens (including phenoxy) is 1. The summed E-state index contributed by atoms with van der Waals surface area (Å²) in [6.45, 7) is 6.45. The predicted octanol–water partition coefficient (Wildman–Crippen LogP) is 4.08. The van der Waals surface area contributed by atoms with Crippen molar-refractivity contribution in [1.82, 2.24) is 4.90 Å². The molecule has 1 aliphatic heterocycles. The molecule has 0 radical (unpaired) electrons. The van der Waals surface area contributed by atoms with E-state index in [1.54, 1.807) is 4.90 Å². The number of hydrogen-bond acceptors (Lipinski definition) is 2. The highest BCUT2D eigenvalue weighted by Crippen LogP contribution is 2.30. The molecule has 0 atom stereocenters. The van der Waals surface area contributed by atoms with Gasteiger partial charge in [0.15, 0.2) is 0 Å². The van der Waals surface area contributed by atoms with Crippen LogP contribution in [0.2, 0.25) is 0 Å². The second kappa shape index (κ2) is 6.00. The lowest BCUT2D eigenvalue weighted by Crippen LogP contribution is -2.41. The van der Waals surface area contributed by atoms with Crippen molar-refractivity contribution in [2.45, 2.75) is 45.1 Å². The van der Waals surface area contributed by atoms with Crippen LogP contribution in [0.1, 0.15) is 45.1 Å². The molecule has 0 saturated carbocycles. The number of amides is 1. The van der Waals surface area contributed by atoms with E-state index in [2.05, 4.69) is 0 Å². The van der Waals surface area contributed by atoms with Gasteiger partial charge in [0.05, 0.1) is 0 Å². The van der Waals surface area contributed by atoms with Crippen LogP contribution >= 0.6 is 0 Å². The largest absolute Gasteiger partial charge is 0.444 e. The minimum Gasteiger partial charge on any atom is -0.444 e. The number of likely N-dealkylation sites (tertiary alicyclic amines) is 1. The van der Waals surface area contributed by atoms with Gasteiger partial charge in [0, 0.05) is 13.1 Å². The van der Waals surface area contributed by atoms with Crippen LogP contribution in [-0.2, 0) is 4.74 Å². The van der Waals surface area contributed by atoms with Gasteiger partial charge in [-0.2, -0.15) is 0 Å². The fourth-order valence-electron chi connectivity index (χ4n) is 2.53. The van der Waals surface area contributed by atoms with E-state index in [0.29, 0.717) is 31.5 Å². The Hall–Kier alpha value is -1.65. The van der Waals surface area contributed by atoms with Crippen molar-refractivity contribution in [3.8, 4) is 0 Å². The Labute approximate surface area is 123 Å². The Morgan fingerprint density at radius 2 is 1.86 bits per heavy atom. The number of benzene rings is 1. The van der Waals surface area contributed by atoms with E-state index in [1.165, 1.54) is 6.07 Å². The molecule has 3 nitrogen and oxygen atoms in total. The van der Waals surface area contributed by atoms with Crippen molar-refractivity contribution in [2.75, 3.05) is 13.1 Å². The third kappa shape index (κ3) is 4.16. The van der Waals surface area contributed by atoms with Crippen LogP contribution in [0.5, 0.6) is 0 Å². The molecule has 2 rings (SSSR count). The van der Waals surface area contributed by atoms with E-state index < -0.39 is 11.4 Å². The molecule has 1 fully saturated rings. The molecule has 1 saturated heterocycles. The van der Waals surface area contributed by atoms with Gasteiger partial charge in [0.1, 0.15) is 17.2 Å². The molecule has 1 aromatic rings. The summed E-state index contributed by atoms with van der Waals surface area (Å²) in [5.74, 6) is -0.868. The summed E-state index contributed by atoms with van der Waals surface area (Å²) in [5, 5.41) is 0. The lowest BCUT2D eigenvalue weighted by atomic mass is 9.89. The summed E-state index contributed by atoms with van der Waals surface area (Å²) in [7, 11) is 0. The fraction of sp³-hybridized carbons (Fsp3) is 0.562. The number of hydrogen-bond donors (Lipinski definition) is 0. The van der Waals surface area contributed by atoms with Crippen molar-refractivity contribution in [2.24, 2.45) is 0 Å². The highest BCUT2D eigenvalue weighted by atomic mass is 19.1. The molecule has 0 bridgehead atoms. The summed E-state index contributed by atoms with van der Waals surface area (Å²) >= 11 is 0. The minimum absolute atomic E-state index is 0.0561. The Kier molecular flexibility index (Phi) is 4.49. The minimum atomic E-state index is -0.525. The SMILES string of the molecule is CC(C)(C)OC(=O)N1CCC(c2cc(F)ccc2F)CC1. The molecule has 0 aliphatic carbocycles. The van der Waals surface area contributed by atoms with Gasteiger partial charge in [-0.1, -0.05) is 0 Å². The molecular formula is C16H21F2NO2. The van der Waals surface area contributed by atoms with Crippen molar-refractivity contribution < 1.29 is 18.3 Å². The molecule has 116 valence electrons. The van der Waals surface area contributed by atoms with Crippen molar-refractivity contribution in [1.29, 1.82) is 0 Å². The Bertz CT molecular complexity index is 517. The molecule has 1 aromatic carbocycles. The van der Waals surface area contributed by atoms with Crippen LogP contribution < -0.4 is 0 Å². The van der Waals surface area contributed by atoms with Gasteiger partial charge < -0.3 is 9.64 Å². The topological polar surface area (TPSA) is 29.5 Å². The lowest BCUT2D eigenvalue weighted by Gasteiger charge is -2.33. The zero-order valence-electron chi connectivity index (χ0n) is 12.7. The first-order chi connectivity index (χ1) is 9.76. The van der Waals surface area contributed by atoms with Crippen LogP contribution in [0.4, 0.5) is 13.6 Å². The van der Waals surface area contributed by atoms with Crippen LogP contribution in [0.15, 0.2) is 18.2 Å². The average molecular weight is 297 g/mol. The quantitative estimate of drug-likeness (QED) is 0.781. The molecule has 5 heteroatoms. The van der Waals surface area contributed by atoms with Gasteiger partial charge in [-0.25, -0.2) is 13.6 Å². The maximum Gasteiger partial charge on any atom is 0.410 e. The Balaban J connectivity index is 1.97. The lowest BCUT2D eigenvalue weighted by molar-refractivity contribution is 0.0204. The average Bonchev–Trinajstić information content (AvgIpc) is 2.40. The molecule has 21 heavy (non-hydrogen) atoms. The summed E-state index contributed by atoms with van der Waals surface area (Å²) in [6, 6.07) is 3.53. The molecule has 0 N–H and O–H groups in total. The van der Waals surface area contributed by atoms with Crippen LogP contribution in [0.25, 0.3) is 0 Å². The first-order valence-corrected chi connectivity index (χ1v) is 7.19. The van der Waals surface area contributed by atoms with Gasteiger partial charge >= 0.3 is 6.09 Å². The first kappa shape index (κ1) is 15.7. The van der Waals surface area contributed by atoms with Crippen LogP contribution in [-0.4, -0.2) is 29.7 Å². The molecule has 1 heterocycles. The third-order valence-corrected chi connectivity index (χ3v) is 3.54. The second-order valence-electron chi connectivity index (χ2n) is 6.41. The highest BCUT2D eigenvalue weighted by molar-refractivity contribution is 5.68. The molecule has 1 aliphatic rings. The van der Waals surface area contributed by atoms with Gasteiger partial charge in [-0.15, -0.1) is 0 Å². The number of piperidine rings is 1. The normalized spacial score (nSPS) is 16.9. The highest BCUT2D eigenvalue weighted by Gasteiger charge is 2.28. The molecule has 0 aromatic heterocycles. The first-order valence-electron chi connectivity index (χ1n) is 7.19. The van der Waals surface area contributed by atoms with E-state index in [0.717, 1.165) is 12.1 Å². The number of carbonyl (C=O) groups excluding carboxylic acids is 1. The van der Waals surface area contributed by atoms with E-state index >= 15 is 0 Å². The number of nitrogens with zero attached hydrogens (tertiary/aromatic N) is 1. The van der Waals surface area contributed by atoms with E-state index in [1.807, 2.05) is 20.8 Å². The maximum atomic E-state index is 13.8. The molecule has 0 spiro atoms. The molecule has 1 amide bonds. The summed E-state index contributed by atoms with van der Waals surface area (Å²) < 4.78 is 32.3.